The molecule has 0 saturated carbocycles. The number of aliphatic imine (C=N–C) groups is 1. The lowest BCUT2D eigenvalue weighted by molar-refractivity contribution is 0.284. The van der Waals surface area contributed by atoms with Gasteiger partial charge >= 0.3 is 0 Å². The zero-order valence-electron chi connectivity index (χ0n) is 14.8. The fraction of sp³-hybridized carbons (Fsp3) is 0.136. The molecule has 0 radical (unpaired) electrons. The van der Waals surface area contributed by atoms with Crippen molar-refractivity contribution < 1.29 is 9.47 Å². The molecule has 0 fully saturated rings. The van der Waals surface area contributed by atoms with Crippen molar-refractivity contribution in [2.75, 3.05) is 7.11 Å². The minimum Gasteiger partial charge on any atom is -0.493 e. The summed E-state index contributed by atoms with van der Waals surface area (Å²) in [5, 5.41) is 0.695. The van der Waals surface area contributed by atoms with Gasteiger partial charge in [-0.3, -0.25) is 4.99 Å². The summed E-state index contributed by atoms with van der Waals surface area (Å²) in [7, 11) is 1.63. The number of halogens is 1. The van der Waals surface area contributed by atoms with Crippen LogP contribution in [0.3, 0.4) is 0 Å². The Kier molecular flexibility index (Phi) is 5.92. The Morgan fingerprint density at radius 2 is 1.81 bits per heavy atom. The van der Waals surface area contributed by atoms with Crippen LogP contribution >= 0.6 is 11.6 Å². The van der Waals surface area contributed by atoms with Crippen LogP contribution < -0.4 is 9.47 Å². The van der Waals surface area contributed by atoms with Crippen molar-refractivity contribution in [1.29, 1.82) is 0 Å². The second kappa shape index (κ2) is 8.54. The molecule has 3 nitrogen and oxygen atoms in total. The van der Waals surface area contributed by atoms with Crippen LogP contribution in [0.1, 0.15) is 16.7 Å². The Bertz CT molecular complexity index is 922. The van der Waals surface area contributed by atoms with Gasteiger partial charge in [0.2, 0.25) is 0 Å². The lowest BCUT2D eigenvalue weighted by Gasteiger charge is -2.11. The van der Waals surface area contributed by atoms with Gasteiger partial charge in [0.15, 0.2) is 11.5 Å². The fourth-order valence-electron chi connectivity index (χ4n) is 2.52. The first-order valence-corrected chi connectivity index (χ1v) is 8.68. The minimum atomic E-state index is 0.424. The third-order valence-corrected chi connectivity index (χ3v) is 4.17. The maximum absolute atomic E-state index is 6.01. The molecule has 4 heteroatoms. The normalized spacial score (nSPS) is 10.9. The Morgan fingerprint density at radius 3 is 2.58 bits per heavy atom. The van der Waals surface area contributed by atoms with Crippen molar-refractivity contribution in [2.45, 2.75) is 13.5 Å². The smallest absolute Gasteiger partial charge is 0.161 e. The predicted octanol–water partition coefficient (Wildman–Crippen LogP) is 5.99. The molecule has 0 heterocycles. The van der Waals surface area contributed by atoms with Gasteiger partial charge in [0.1, 0.15) is 6.61 Å². The van der Waals surface area contributed by atoms with Crippen LogP contribution in [0, 0.1) is 6.92 Å². The van der Waals surface area contributed by atoms with Crippen molar-refractivity contribution in [1.82, 2.24) is 0 Å². The van der Waals surface area contributed by atoms with E-state index >= 15 is 0 Å². The molecule has 0 N–H and O–H groups in total. The summed E-state index contributed by atoms with van der Waals surface area (Å²) in [5.41, 5.74) is 4.04. The standard InChI is InChI=1S/C22H20ClNO2/c1-16-6-3-4-9-20(16)24-14-17-10-11-21(22(13-17)25-2)26-15-18-7-5-8-19(23)12-18/h3-14H,15H2,1-2H3. The van der Waals surface area contributed by atoms with E-state index in [1.165, 1.54) is 0 Å². The molecule has 132 valence electrons. The van der Waals surface area contributed by atoms with Crippen LogP contribution in [-0.2, 0) is 6.61 Å². The number of aryl methyl sites for hydroxylation is 1. The van der Waals surface area contributed by atoms with E-state index in [0.29, 0.717) is 23.1 Å². The molecule has 3 aromatic carbocycles. The van der Waals surface area contributed by atoms with Crippen molar-refractivity contribution in [3.63, 3.8) is 0 Å². The zero-order valence-corrected chi connectivity index (χ0v) is 15.5. The average molecular weight is 366 g/mol. The Balaban J connectivity index is 1.74. The monoisotopic (exact) mass is 365 g/mol. The van der Waals surface area contributed by atoms with Crippen molar-refractivity contribution in [3.8, 4) is 11.5 Å². The summed E-state index contributed by atoms with van der Waals surface area (Å²) in [5.74, 6) is 1.35. The number of nitrogens with zero attached hydrogens (tertiary/aromatic N) is 1. The number of methoxy groups -OCH3 is 1. The van der Waals surface area contributed by atoms with Gasteiger partial charge in [0.25, 0.3) is 0 Å². The number of para-hydroxylation sites is 1. The van der Waals surface area contributed by atoms with E-state index in [2.05, 4.69) is 4.99 Å². The lowest BCUT2D eigenvalue weighted by atomic mass is 10.2. The molecule has 0 saturated heterocycles. The van der Waals surface area contributed by atoms with Crippen LogP contribution in [0.25, 0.3) is 0 Å². The van der Waals surface area contributed by atoms with Crippen molar-refractivity contribution in [2.24, 2.45) is 4.99 Å². The first-order valence-electron chi connectivity index (χ1n) is 8.30. The number of ether oxygens (including phenoxy) is 2. The molecule has 0 aliphatic carbocycles. The maximum atomic E-state index is 6.01. The largest absolute Gasteiger partial charge is 0.493 e. The van der Waals surface area contributed by atoms with E-state index in [0.717, 1.165) is 22.4 Å². The van der Waals surface area contributed by atoms with E-state index in [9.17, 15) is 0 Å². The van der Waals surface area contributed by atoms with Crippen molar-refractivity contribution in [3.05, 3.63) is 88.4 Å². The van der Waals surface area contributed by atoms with E-state index < -0.39 is 0 Å². The quantitative estimate of drug-likeness (QED) is 0.502. The third kappa shape index (κ3) is 4.64. The summed E-state index contributed by atoms with van der Waals surface area (Å²) in [6, 6.07) is 21.4. The third-order valence-electron chi connectivity index (χ3n) is 3.94. The molecule has 0 aromatic heterocycles. The summed E-state index contributed by atoms with van der Waals surface area (Å²) in [6.07, 6.45) is 1.83. The molecule has 3 aromatic rings. The van der Waals surface area contributed by atoms with Gasteiger partial charge < -0.3 is 9.47 Å². The molecular weight excluding hydrogens is 346 g/mol. The Hall–Kier alpha value is -2.78. The number of rotatable bonds is 6. The number of benzene rings is 3. The molecule has 0 atom stereocenters. The average Bonchev–Trinajstić information content (AvgIpc) is 2.66. The highest BCUT2D eigenvalue weighted by Crippen LogP contribution is 2.29. The van der Waals surface area contributed by atoms with Gasteiger partial charge in [0.05, 0.1) is 12.8 Å². The van der Waals surface area contributed by atoms with Crippen LogP contribution in [0.15, 0.2) is 71.7 Å². The van der Waals surface area contributed by atoms with Gasteiger partial charge in [-0.25, -0.2) is 0 Å². The highest BCUT2D eigenvalue weighted by Gasteiger charge is 2.06. The van der Waals surface area contributed by atoms with E-state index in [-0.39, 0.29) is 0 Å². The molecule has 0 aliphatic heterocycles. The molecule has 0 spiro atoms. The predicted molar refractivity (Wildman–Crippen MR) is 107 cm³/mol. The SMILES string of the molecule is COc1cc(C=Nc2ccccc2C)ccc1OCc1cccc(Cl)c1. The van der Waals surface area contributed by atoms with Crippen LogP contribution in [0.5, 0.6) is 11.5 Å². The summed E-state index contributed by atoms with van der Waals surface area (Å²) >= 11 is 6.01. The van der Waals surface area contributed by atoms with Gasteiger partial charge in [0, 0.05) is 11.2 Å². The van der Waals surface area contributed by atoms with Crippen LogP contribution in [0.2, 0.25) is 5.02 Å². The highest BCUT2D eigenvalue weighted by atomic mass is 35.5. The topological polar surface area (TPSA) is 30.8 Å². The van der Waals surface area contributed by atoms with Gasteiger partial charge in [-0.1, -0.05) is 41.9 Å². The molecular formula is C22H20ClNO2. The minimum absolute atomic E-state index is 0.424. The number of hydrogen-bond donors (Lipinski definition) is 0. The van der Waals surface area contributed by atoms with E-state index in [1.807, 2.05) is 79.9 Å². The van der Waals surface area contributed by atoms with E-state index in [4.69, 9.17) is 21.1 Å². The Morgan fingerprint density at radius 1 is 0.962 bits per heavy atom. The maximum Gasteiger partial charge on any atom is 0.161 e. The summed E-state index contributed by atoms with van der Waals surface area (Å²) < 4.78 is 11.3. The summed E-state index contributed by atoms with van der Waals surface area (Å²) in [6.45, 7) is 2.47. The van der Waals surface area contributed by atoms with Gasteiger partial charge in [-0.05, 0) is 60.0 Å². The summed E-state index contributed by atoms with van der Waals surface area (Å²) in [4.78, 5) is 4.55. The van der Waals surface area contributed by atoms with Gasteiger partial charge in [-0.15, -0.1) is 0 Å². The second-order valence-corrected chi connectivity index (χ2v) is 6.31. The molecule has 3 rings (SSSR count). The highest BCUT2D eigenvalue weighted by molar-refractivity contribution is 6.30. The first kappa shape index (κ1) is 18.0. The lowest BCUT2D eigenvalue weighted by Crippen LogP contribution is -1.98. The second-order valence-electron chi connectivity index (χ2n) is 5.87. The molecule has 0 bridgehead atoms. The first-order chi connectivity index (χ1) is 12.7. The van der Waals surface area contributed by atoms with Crippen LogP contribution in [-0.4, -0.2) is 13.3 Å². The van der Waals surface area contributed by atoms with Crippen LogP contribution in [0.4, 0.5) is 5.69 Å². The number of hydrogen-bond acceptors (Lipinski definition) is 3. The zero-order chi connectivity index (χ0) is 18.4. The molecule has 0 amide bonds. The van der Waals surface area contributed by atoms with E-state index in [1.54, 1.807) is 7.11 Å². The molecule has 0 unspecified atom stereocenters. The Labute approximate surface area is 158 Å². The fourth-order valence-corrected chi connectivity index (χ4v) is 2.74. The molecule has 0 aliphatic rings. The van der Waals surface area contributed by atoms with Gasteiger partial charge in [-0.2, -0.15) is 0 Å². The van der Waals surface area contributed by atoms with Crippen molar-refractivity contribution >= 4 is 23.5 Å². The molecule has 26 heavy (non-hydrogen) atoms.